The highest BCUT2D eigenvalue weighted by Gasteiger charge is 2.01. The third-order valence-electron chi connectivity index (χ3n) is 1.96. The summed E-state index contributed by atoms with van der Waals surface area (Å²) in [5.74, 6) is -0.338. The van der Waals surface area contributed by atoms with Crippen LogP contribution in [0.15, 0.2) is 6.20 Å². The van der Waals surface area contributed by atoms with Gasteiger partial charge in [0.2, 0.25) is 5.91 Å². The number of aromatic nitrogens is 3. The van der Waals surface area contributed by atoms with Crippen LogP contribution in [0, 0.1) is 0 Å². The maximum atomic E-state index is 10.6. The predicted molar refractivity (Wildman–Crippen MR) is 57.4 cm³/mol. The van der Waals surface area contributed by atoms with Crippen LogP contribution < -0.4 is 11.1 Å². The van der Waals surface area contributed by atoms with Gasteiger partial charge in [-0.2, -0.15) is 0 Å². The smallest absolute Gasteiger partial charge is 0.219 e. The van der Waals surface area contributed by atoms with Gasteiger partial charge in [0.15, 0.2) is 0 Å². The molecule has 90 valence electrons. The predicted octanol–water partition coefficient (Wildman–Crippen LogP) is -1.11. The Morgan fingerprint density at radius 1 is 1.69 bits per heavy atom. The van der Waals surface area contributed by atoms with E-state index in [0.717, 1.165) is 12.2 Å². The van der Waals surface area contributed by atoms with Gasteiger partial charge < -0.3 is 15.8 Å². The number of primary amides is 1. The first-order chi connectivity index (χ1) is 7.72. The van der Waals surface area contributed by atoms with E-state index in [-0.39, 0.29) is 12.3 Å². The van der Waals surface area contributed by atoms with Gasteiger partial charge in [-0.15, -0.1) is 5.10 Å². The van der Waals surface area contributed by atoms with Crippen LogP contribution in [0.3, 0.4) is 0 Å². The summed E-state index contributed by atoms with van der Waals surface area (Å²) in [4.78, 5) is 10.6. The molecule has 3 N–H and O–H groups in total. The van der Waals surface area contributed by atoms with Crippen molar-refractivity contribution in [3.8, 4) is 0 Å². The van der Waals surface area contributed by atoms with Gasteiger partial charge in [0.1, 0.15) is 0 Å². The summed E-state index contributed by atoms with van der Waals surface area (Å²) in [6, 6.07) is 0. The van der Waals surface area contributed by atoms with E-state index < -0.39 is 0 Å². The molecule has 0 aliphatic heterocycles. The first-order valence-corrected chi connectivity index (χ1v) is 5.09. The Labute approximate surface area is 93.9 Å². The van der Waals surface area contributed by atoms with E-state index in [1.54, 1.807) is 18.0 Å². The second-order valence-electron chi connectivity index (χ2n) is 3.36. The van der Waals surface area contributed by atoms with E-state index in [2.05, 4.69) is 15.6 Å². The highest BCUT2D eigenvalue weighted by atomic mass is 16.5. The van der Waals surface area contributed by atoms with Crippen LogP contribution in [0.4, 0.5) is 0 Å². The van der Waals surface area contributed by atoms with E-state index in [4.69, 9.17) is 10.5 Å². The van der Waals surface area contributed by atoms with Gasteiger partial charge in [-0.25, -0.2) is 0 Å². The van der Waals surface area contributed by atoms with Gasteiger partial charge in [-0.3, -0.25) is 9.48 Å². The second kappa shape index (κ2) is 6.91. The Morgan fingerprint density at radius 3 is 3.19 bits per heavy atom. The molecule has 0 saturated carbocycles. The van der Waals surface area contributed by atoms with Crippen molar-refractivity contribution in [1.82, 2.24) is 20.3 Å². The van der Waals surface area contributed by atoms with Gasteiger partial charge in [-0.05, 0) is 0 Å². The van der Waals surface area contributed by atoms with Crippen molar-refractivity contribution in [3.05, 3.63) is 11.9 Å². The zero-order chi connectivity index (χ0) is 11.8. The summed E-state index contributed by atoms with van der Waals surface area (Å²) in [7, 11) is 1.65. The zero-order valence-corrected chi connectivity index (χ0v) is 9.35. The molecule has 0 saturated heterocycles. The van der Waals surface area contributed by atoms with Crippen LogP contribution in [0.1, 0.15) is 12.1 Å². The number of aryl methyl sites for hydroxylation is 1. The van der Waals surface area contributed by atoms with E-state index in [0.29, 0.717) is 19.7 Å². The number of hydrogen-bond donors (Lipinski definition) is 2. The minimum absolute atomic E-state index is 0.278. The van der Waals surface area contributed by atoms with Gasteiger partial charge in [0, 0.05) is 32.8 Å². The van der Waals surface area contributed by atoms with E-state index in [9.17, 15) is 4.79 Å². The summed E-state index contributed by atoms with van der Waals surface area (Å²) >= 11 is 0. The average Bonchev–Trinajstić information content (AvgIpc) is 2.70. The molecule has 1 amide bonds. The van der Waals surface area contributed by atoms with Crippen molar-refractivity contribution < 1.29 is 9.53 Å². The topological polar surface area (TPSA) is 95.1 Å². The molecular formula is C9H17N5O2. The lowest BCUT2D eigenvalue weighted by Gasteiger charge is -1.99. The Kier molecular flexibility index (Phi) is 5.44. The molecule has 1 aromatic heterocycles. The molecule has 0 aliphatic rings. The minimum atomic E-state index is -0.338. The number of amides is 1. The number of methoxy groups -OCH3 is 1. The van der Waals surface area contributed by atoms with Crippen LogP contribution in [0.2, 0.25) is 0 Å². The number of carbonyl (C=O) groups excluding carboxylic acids is 1. The summed E-state index contributed by atoms with van der Waals surface area (Å²) in [6.45, 7) is 2.54. The molecule has 0 atom stereocenters. The molecule has 16 heavy (non-hydrogen) atoms. The van der Waals surface area contributed by atoms with Crippen LogP contribution in [-0.2, 0) is 22.6 Å². The first kappa shape index (κ1) is 12.6. The number of nitrogens with zero attached hydrogens (tertiary/aromatic N) is 3. The third-order valence-corrected chi connectivity index (χ3v) is 1.96. The number of nitrogens with one attached hydrogen (secondary N) is 1. The van der Waals surface area contributed by atoms with Gasteiger partial charge in [0.05, 0.1) is 18.8 Å². The number of carbonyl (C=O) groups is 1. The molecule has 0 aliphatic carbocycles. The third kappa shape index (κ3) is 4.85. The lowest BCUT2D eigenvalue weighted by Crippen LogP contribution is -2.18. The maximum Gasteiger partial charge on any atom is 0.219 e. The SMILES string of the molecule is COCCNCc1cn(CCC(N)=O)nn1. The van der Waals surface area contributed by atoms with E-state index in [1.807, 2.05) is 0 Å². The maximum absolute atomic E-state index is 10.6. The largest absolute Gasteiger partial charge is 0.383 e. The Balaban J connectivity index is 2.25. The van der Waals surface area contributed by atoms with Gasteiger partial charge >= 0.3 is 0 Å². The van der Waals surface area contributed by atoms with Crippen molar-refractivity contribution in [2.24, 2.45) is 5.73 Å². The molecular weight excluding hydrogens is 210 g/mol. The molecule has 0 bridgehead atoms. The second-order valence-corrected chi connectivity index (χ2v) is 3.36. The Morgan fingerprint density at radius 2 is 2.50 bits per heavy atom. The standard InChI is InChI=1S/C9H17N5O2/c1-16-5-3-11-6-8-7-14(13-12-8)4-2-9(10)15/h7,11H,2-6H2,1H3,(H2,10,15). The fourth-order valence-electron chi connectivity index (χ4n) is 1.14. The van der Waals surface area contributed by atoms with E-state index >= 15 is 0 Å². The molecule has 0 spiro atoms. The molecule has 1 aromatic rings. The number of nitrogens with two attached hydrogens (primary N) is 1. The summed E-state index contributed by atoms with van der Waals surface area (Å²) < 4.78 is 6.50. The zero-order valence-electron chi connectivity index (χ0n) is 9.35. The molecule has 1 heterocycles. The van der Waals surface area contributed by atoms with Crippen LogP contribution >= 0.6 is 0 Å². The van der Waals surface area contributed by atoms with Crippen molar-refractivity contribution in [2.75, 3.05) is 20.3 Å². The van der Waals surface area contributed by atoms with Crippen molar-refractivity contribution in [1.29, 1.82) is 0 Å². The lowest BCUT2D eigenvalue weighted by atomic mass is 10.4. The average molecular weight is 227 g/mol. The fourth-order valence-corrected chi connectivity index (χ4v) is 1.14. The number of rotatable bonds is 8. The lowest BCUT2D eigenvalue weighted by molar-refractivity contribution is -0.118. The van der Waals surface area contributed by atoms with E-state index in [1.165, 1.54) is 0 Å². The first-order valence-electron chi connectivity index (χ1n) is 5.09. The Bertz CT molecular complexity index is 325. The summed E-state index contributed by atoms with van der Waals surface area (Å²) in [5, 5.41) is 11.0. The molecule has 1 rings (SSSR count). The van der Waals surface area contributed by atoms with Crippen LogP contribution in [0.5, 0.6) is 0 Å². The molecule has 7 nitrogen and oxygen atoms in total. The van der Waals surface area contributed by atoms with Crippen LogP contribution in [-0.4, -0.2) is 41.2 Å². The molecule has 0 aromatic carbocycles. The van der Waals surface area contributed by atoms with Crippen LogP contribution in [0.25, 0.3) is 0 Å². The molecule has 0 fully saturated rings. The summed E-state index contributed by atoms with van der Waals surface area (Å²) in [5.41, 5.74) is 5.87. The van der Waals surface area contributed by atoms with Crippen molar-refractivity contribution in [2.45, 2.75) is 19.5 Å². The summed E-state index contributed by atoms with van der Waals surface area (Å²) in [6.07, 6.45) is 2.07. The number of ether oxygens (including phenoxy) is 1. The Hall–Kier alpha value is -1.47. The fraction of sp³-hybridized carbons (Fsp3) is 0.667. The highest BCUT2D eigenvalue weighted by molar-refractivity contribution is 5.73. The quantitative estimate of drug-likeness (QED) is 0.549. The molecule has 7 heteroatoms. The minimum Gasteiger partial charge on any atom is -0.383 e. The highest BCUT2D eigenvalue weighted by Crippen LogP contribution is 1.94. The van der Waals surface area contributed by atoms with Crippen molar-refractivity contribution in [3.63, 3.8) is 0 Å². The van der Waals surface area contributed by atoms with Gasteiger partial charge in [0.25, 0.3) is 0 Å². The number of hydrogen-bond acceptors (Lipinski definition) is 5. The molecule has 0 radical (unpaired) electrons. The normalized spacial score (nSPS) is 10.6. The van der Waals surface area contributed by atoms with Gasteiger partial charge in [-0.1, -0.05) is 5.21 Å². The molecule has 0 unspecified atom stereocenters. The monoisotopic (exact) mass is 227 g/mol. The van der Waals surface area contributed by atoms with Crippen molar-refractivity contribution >= 4 is 5.91 Å².